The smallest absolute Gasteiger partial charge is 0.338 e. The first-order valence-electron chi connectivity index (χ1n) is 7.29. The van der Waals surface area contributed by atoms with Gasteiger partial charge in [0.2, 0.25) is 0 Å². The number of rotatable bonds is 5. The summed E-state index contributed by atoms with van der Waals surface area (Å²) in [4.78, 5) is 12.7. The van der Waals surface area contributed by atoms with Crippen LogP contribution in [0.3, 0.4) is 0 Å². The molecule has 1 aliphatic carbocycles. The summed E-state index contributed by atoms with van der Waals surface area (Å²) < 4.78 is 28.1. The van der Waals surface area contributed by atoms with Crippen LogP contribution in [0.2, 0.25) is 0 Å². The molecule has 2 N–H and O–H groups in total. The summed E-state index contributed by atoms with van der Waals surface area (Å²) in [7, 11) is 0. The van der Waals surface area contributed by atoms with Gasteiger partial charge in [0.1, 0.15) is 0 Å². The molecule has 2 fully saturated rings. The van der Waals surface area contributed by atoms with Crippen LogP contribution in [-0.2, 0) is 0 Å². The number of carbonyl (C=O) groups is 1. The first kappa shape index (κ1) is 14.3. The van der Waals surface area contributed by atoms with E-state index < -0.39 is 23.2 Å². The normalized spacial score (nSPS) is 21.5. The number of nitrogens with one attached hydrogen (secondary N) is 1. The maximum atomic E-state index is 14.2. The zero-order chi connectivity index (χ0) is 15.0. The fraction of sp³-hybridized carbons (Fsp3) is 0.533. The average molecular weight is 296 g/mol. The third-order valence-corrected chi connectivity index (χ3v) is 4.17. The van der Waals surface area contributed by atoms with Crippen molar-refractivity contribution in [3.05, 3.63) is 29.3 Å². The number of nitrogens with zero attached hydrogens (tertiary/aromatic N) is 1. The Labute approximate surface area is 121 Å². The zero-order valence-corrected chi connectivity index (χ0v) is 11.6. The van der Waals surface area contributed by atoms with E-state index in [9.17, 15) is 13.6 Å². The predicted molar refractivity (Wildman–Crippen MR) is 74.7 cm³/mol. The number of anilines is 1. The van der Waals surface area contributed by atoms with Gasteiger partial charge in [0.15, 0.2) is 11.6 Å². The van der Waals surface area contributed by atoms with Crippen LogP contribution in [0, 0.1) is 11.6 Å². The van der Waals surface area contributed by atoms with Crippen LogP contribution >= 0.6 is 0 Å². The van der Waals surface area contributed by atoms with E-state index in [0.717, 1.165) is 38.3 Å². The van der Waals surface area contributed by atoms with Crippen molar-refractivity contribution in [3.63, 3.8) is 0 Å². The summed E-state index contributed by atoms with van der Waals surface area (Å²) in [5, 5.41) is 12.2. The molecule has 1 aromatic carbocycles. The second kappa shape index (κ2) is 5.60. The number of benzene rings is 1. The molecule has 1 aromatic rings. The molecule has 2 aliphatic rings. The number of carboxylic acids is 1. The predicted octanol–water partition coefficient (Wildman–Crippen LogP) is 2.38. The van der Waals surface area contributed by atoms with E-state index in [1.807, 2.05) is 4.90 Å². The SMILES string of the molecule is O=C(O)c1ccc(N(CC2CCCN2)C2CC2)c(F)c1F. The van der Waals surface area contributed by atoms with E-state index in [2.05, 4.69) is 5.32 Å². The summed E-state index contributed by atoms with van der Waals surface area (Å²) in [5.74, 6) is -3.78. The molecule has 1 saturated heterocycles. The monoisotopic (exact) mass is 296 g/mol. The molecule has 3 rings (SSSR count). The van der Waals surface area contributed by atoms with E-state index in [1.165, 1.54) is 6.07 Å². The Morgan fingerprint density at radius 1 is 1.29 bits per heavy atom. The van der Waals surface area contributed by atoms with Crippen LogP contribution in [0.4, 0.5) is 14.5 Å². The third kappa shape index (κ3) is 2.85. The highest BCUT2D eigenvalue weighted by molar-refractivity contribution is 5.88. The van der Waals surface area contributed by atoms with Gasteiger partial charge < -0.3 is 15.3 Å². The van der Waals surface area contributed by atoms with Gasteiger partial charge in [0, 0.05) is 18.6 Å². The van der Waals surface area contributed by atoms with E-state index in [4.69, 9.17) is 5.11 Å². The van der Waals surface area contributed by atoms with Crippen LogP contribution in [0.1, 0.15) is 36.0 Å². The molecule has 1 aliphatic heterocycles. The van der Waals surface area contributed by atoms with Gasteiger partial charge in [-0.1, -0.05) is 0 Å². The number of hydrogen-bond donors (Lipinski definition) is 2. The van der Waals surface area contributed by atoms with Crippen molar-refractivity contribution >= 4 is 11.7 Å². The first-order valence-corrected chi connectivity index (χ1v) is 7.29. The first-order chi connectivity index (χ1) is 10.1. The fourth-order valence-electron chi connectivity index (χ4n) is 2.91. The Balaban J connectivity index is 1.88. The highest BCUT2D eigenvalue weighted by atomic mass is 19.2. The van der Waals surface area contributed by atoms with Gasteiger partial charge in [-0.15, -0.1) is 0 Å². The summed E-state index contributed by atoms with van der Waals surface area (Å²) in [6.07, 6.45) is 4.06. The number of halogens is 2. The summed E-state index contributed by atoms with van der Waals surface area (Å²) in [6.45, 7) is 1.59. The summed E-state index contributed by atoms with van der Waals surface area (Å²) >= 11 is 0. The molecule has 6 heteroatoms. The molecule has 0 aromatic heterocycles. The van der Waals surface area contributed by atoms with Crippen LogP contribution < -0.4 is 10.2 Å². The minimum atomic E-state index is -1.45. The molecule has 1 unspecified atom stereocenters. The van der Waals surface area contributed by atoms with Crippen LogP contribution in [0.25, 0.3) is 0 Å². The lowest BCUT2D eigenvalue weighted by atomic mass is 10.1. The average Bonchev–Trinajstić information content (AvgIpc) is 3.16. The van der Waals surface area contributed by atoms with Gasteiger partial charge in [-0.05, 0) is 44.4 Å². The summed E-state index contributed by atoms with van der Waals surface area (Å²) in [5.41, 5.74) is -0.445. The number of carboxylic acid groups (broad SMARTS) is 1. The summed E-state index contributed by atoms with van der Waals surface area (Å²) in [6, 6.07) is 3.05. The highest BCUT2D eigenvalue weighted by Crippen LogP contribution is 2.35. The molecular formula is C15H18F2N2O2. The molecule has 1 heterocycles. The van der Waals surface area contributed by atoms with E-state index in [1.54, 1.807) is 0 Å². The zero-order valence-electron chi connectivity index (χ0n) is 11.6. The van der Waals surface area contributed by atoms with Gasteiger partial charge in [0.25, 0.3) is 0 Å². The molecule has 0 radical (unpaired) electrons. The molecule has 1 atom stereocenters. The van der Waals surface area contributed by atoms with Crippen molar-refractivity contribution in [3.8, 4) is 0 Å². The van der Waals surface area contributed by atoms with E-state index >= 15 is 0 Å². The second-order valence-corrected chi connectivity index (χ2v) is 5.74. The van der Waals surface area contributed by atoms with Crippen LogP contribution in [0.15, 0.2) is 12.1 Å². The maximum Gasteiger partial charge on any atom is 0.338 e. The number of hydrogen-bond acceptors (Lipinski definition) is 3. The lowest BCUT2D eigenvalue weighted by molar-refractivity contribution is 0.0690. The molecule has 0 amide bonds. The number of aromatic carboxylic acids is 1. The topological polar surface area (TPSA) is 52.6 Å². The largest absolute Gasteiger partial charge is 0.478 e. The van der Waals surface area contributed by atoms with Gasteiger partial charge in [-0.25, -0.2) is 13.6 Å². The lowest BCUT2D eigenvalue weighted by Crippen LogP contribution is -2.39. The van der Waals surface area contributed by atoms with Gasteiger partial charge in [-0.2, -0.15) is 0 Å². The fourth-order valence-corrected chi connectivity index (χ4v) is 2.91. The minimum Gasteiger partial charge on any atom is -0.478 e. The van der Waals surface area contributed by atoms with Crippen LogP contribution in [-0.4, -0.2) is 36.2 Å². The molecule has 114 valence electrons. The standard InChI is InChI=1S/C15H18F2N2O2/c16-13-11(15(20)21)5-6-12(14(13)17)19(10-3-4-10)8-9-2-1-7-18-9/h5-6,9-10,18H,1-4,7-8H2,(H,20,21). The van der Waals surface area contributed by atoms with Crippen molar-refractivity contribution < 1.29 is 18.7 Å². The highest BCUT2D eigenvalue weighted by Gasteiger charge is 2.34. The molecule has 0 spiro atoms. The third-order valence-electron chi connectivity index (χ3n) is 4.17. The molecule has 1 saturated carbocycles. The maximum absolute atomic E-state index is 14.2. The second-order valence-electron chi connectivity index (χ2n) is 5.74. The van der Waals surface area contributed by atoms with Crippen molar-refractivity contribution in [2.45, 2.75) is 37.8 Å². The Morgan fingerprint density at radius 2 is 2.05 bits per heavy atom. The Kier molecular flexibility index (Phi) is 3.80. The lowest BCUT2D eigenvalue weighted by Gasteiger charge is -2.28. The van der Waals surface area contributed by atoms with Crippen molar-refractivity contribution in [1.82, 2.24) is 5.32 Å². The molecule has 21 heavy (non-hydrogen) atoms. The van der Waals surface area contributed by atoms with Gasteiger partial charge in [0.05, 0.1) is 11.3 Å². The van der Waals surface area contributed by atoms with Crippen molar-refractivity contribution in [1.29, 1.82) is 0 Å². The minimum absolute atomic E-state index is 0.175. The van der Waals surface area contributed by atoms with E-state index in [0.29, 0.717) is 6.54 Å². The Bertz CT molecular complexity index is 555. The molecule has 4 nitrogen and oxygen atoms in total. The van der Waals surface area contributed by atoms with Crippen LogP contribution in [0.5, 0.6) is 0 Å². The van der Waals surface area contributed by atoms with Crippen molar-refractivity contribution in [2.75, 3.05) is 18.0 Å². The Morgan fingerprint density at radius 3 is 2.62 bits per heavy atom. The van der Waals surface area contributed by atoms with E-state index in [-0.39, 0.29) is 17.8 Å². The molecular weight excluding hydrogens is 278 g/mol. The van der Waals surface area contributed by atoms with Crippen molar-refractivity contribution in [2.24, 2.45) is 0 Å². The van der Waals surface area contributed by atoms with Gasteiger partial charge in [-0.3, -0.25) is 0 Å². The van der Waals surface area contributed by atoms with Gasteiger partial charge >= 0.3 is 5.97 Å². The quantitative estimate of drug-likeness (QED) is 0.876. The molecule has 0 bridgehead atoms. The Hall–Kier alpha value is -1.69.